The molecule has 0 radical (unpaired) electrons. The van der Waals surface area contributed by atoms with E-state index in [0.29, 0.717) is 0 Å². The van der Waals surface area contributed by atoms with E-state index in [-0.39, 0.29) is 0 Å². The lowest BCUT2D eigenvalue weighted by molar-refractivity contribution is -0.348. The van der Waals surface area contributed by atoms with Crippen molar-refractivity contribution in [3.05, 3.63) is 42.0 Å². The average molecular weight is 168 g/mol. The van der Waals surface area contributed by atoms with Crippen LogP contribution in [-0.2, 0) is 0 Å². The van der Waals surface area contributed by atoms with Gasteiger partial charge in [0.25, 0.3) is 0 Å². The van der Waals surface area contributed by atoms with Crippen LogP contribution in [0.2, 0.25) is 0 Å². The molecule has 1 heteroatoms. The SMILES string of the molecule is CC1=[NH+]c2cccc3cccc1c23. The van der Waals surface area contributed by atoms with Crippen molar-refractivity contribution in [1.82, 2.24) is 0 Å². The van der Waals surface area contributed by atoms with Gasteiger partial charge in [-0.3, -0.25) is 0 Å². The minimum absolute atomic E-state index is 1.24. The molecule has 0 saturated heterocycles. The van der Waals surface area contributed by atoms with E-state index < -0.39 is 0 Å². The third-order valence-electron chi connectivity index (χ3n) is 2.63. The molecular formula is C12H10N+. The van der Waals surface area contributed by atoms with Crippen molar-refractivity contribution in [2.24, 2.45) is 0 Å². The molecule has 0 fully saturated rings. The van der Waals surface area contributed by atoms with Crippen molar-refractivity contribution in [3.8, 4) is 0 Å². The summed E-state index contributed by atoms with van der Waals surface area (Å²) in [5.41, 5.74) is 3.84. The second-order valence-corrected chi connectivity index (χ2v) is 3.46. The third kappa shape index (κ3) is 0.788. The number of hydrogen-bond donors (Lipinski definition) is 1. The fourth-order valence-electron chi connectivity index (χ4n) is 2.03. The quantitative estimate of drug-likeness (QED) is 0.611. The van der Waals surface area contributed by atoms with Gasteiger partial charge in [0.1, 0.15) is 0 Å². The molecule has 1 N–H and O–H groups in total. The Kier molecular flexibility index (Phi) is 1.15. The molecule has 1 nitrogen and oxygen atoms in total. The molecule has 0 atom stereocenters. The first-order chi connectivity index (χ1) is 6.36. The van der Waals surface area contributed by atoms with Gasteiger partial charge < -0.3 is 0 Å². The Labute approximate surface area is 76.7 Å². The van der Waals surface area contributed by atoms with Gasteiger partial charge in [0.2, 0.25) is 5.69 Å². The van der Waals surface area contributed by atoms with Crippen LogP contribution in [0.3, 0.4) is 0 Å². The summed E-state index contributed by atoms with van der Waals surface area (Å²) in [4.78, 5) is 3.39. The third-order valence-corrected chi connectivity index (χ3v) is 2.63. The van der Waals surface area contributed by atoms with Crippen LogP contribution in [0.4, 0.5) is 5.69 Å². The van der Waals surface area contributed by atoms with E-state index in [4.69, 9.17) is 0 Å². The van der Waals surface area contributed by atoms with Crippen molar-refractivity contribution < 1.29 is 4.99 Å². The van der Waals surface area contributed by atoms with Crippen molar-refractivity contribution in [2.75, 3.05) is 0 Å². The molecule has 3 rings (SSSR count). The zero-order valence-corrected chi connectivity index (χ0v) is 7.46. The normalized spacial score (nSPS) is 13.5. The molecule has 0 aromatic heterocycles. The highest BCUT2D eigenvalue weighted by atomic mass is 14.8. The molecular weight excluding hydrogens is 158 g/mol. The van der Waals surface area contributed by atoms with Crippen LogP contribution >= 0.6 is 0 Å². The molecule has 0 amide bonds. The van der Waals surface area contributed by atoms with Crippen LogP contribution in [0.15, 0.2) is 36.4 Å². The van der Waals surface area contributed by atoms with Crippen LogP contribution in [0.25, 0.3) is 10.8 Å². The van der Waals surface area contributed by atoms with Gasteiger partial charge in [-0.25, -0.2) is 4.99 Å². The van der Waals surface area contributed by atoms with Gasteiger partial charge in [0.15, 0.2) is 5.71 Å². The predicted octanol–water partition coefficient (Wildman–Crippen LogP) is 1.37. The highest BCUT2D eigenvalue weighted by Gasteiger charge is 2.20. The number of benzene rings is 2. The Bertz CT molecular complexity index is 518. The van der Waals surface area contributed by atoms with E-state index in [1.54, 1.807) is 0 Å². The summed E-state index contributed by atoms with van der Waals surface area (Å²) in [5, 5.41) is 2.68. The van der Waals surface area contributed by atoms with Gasteiger partial charge in [0, 0.05) is 13.0 Å². The van der Waals surface area contributed by atoms with E-state index in [0.717, 1.165) is 0 Å². The summed E-state index contributed by atoms with van der Waals surface area (Å²) in [6, 6.07) is 12.8. The molecule has 62 valence electrons. The summed E-state index contributed by atoms with van der Waals surface area (Å²) < 4.78 is 0. The number of nitrogens with one attached hydrogen (secondary N) is 1. The van der Waals surface area contributed by atoms with Gasteiger partial charge >= 0.3 is 0 Å². The molecule has 1 heterocycles. The Morgan fingerprint density at radius 1 is 1.00 bits per heavy atom. The molecule has 13 heavy (non-hydrogen) atoms. The van der Waals surface area contributed by atoms with Gasteiger partial charge in [-0.1, -0.05) is 24.3 Å². The monoisotopic (exact) mass is 168 g/mol. The largest absolute Gasteiger partial charge is 0.212 e. The predicted molar refractivity (Wildman–Crippen MR) is 54.4 cm³/mol. The molecule has 1 aliphatic heterocycles. The molecule has 2 aromatic rings. The molecule has 0 saturated carbocycles. The summed E-state index contributed by atoms with van der Waals surface area (Å²) in [7, 11) is 0. The van der Waals surface area contributed by atoms with Crippen LogP contribution in [0.1, 0.15) is 12.5 Å². The van der Waals surface area contributed by atoms with Crippen molar-refractivity contribution >= 4 is 22.2 Å². The lowest BCUT2D eigenvalue weighted by Crippen LogP contribution is -2.63. The summed E-state index contributed by atoms with van der Waals surface area (Å²) in [5.74, 6) is 0. The fraction of sp³-hybridized carbons (Fsp3) is 0.0833. The molecule has 1 aliphatic rings. The first-order valence-corrected chi connectivity index (χ1v) is 4.49. The van der Waals surface area contributed by atoms with E-state index in [1.807, 2.05) is 0 Å². The summed E-state index contributed by atoms with van der Waals surface area (Å²) in [6.07, 6.45) is 0. The Hall–Kier alpha value is -1.63. The van der Waals surface area contributed by atoms with E-state index in [9.17, 15) is 0 Å². The second kappa shape index (κ2) is 2.19. The Morgan fingerprint density at radius 2 is 1.77 bits per heavy atom. The highest BCUT2D eigenvalue weighted by molar-refractivity contribution is 6.13. The fourth-order valence-corrected chi connectivity index (χ4v) is 2.03. The standard InChI is InChI=1S/C12H9N/c1-8-10-6-2-4-9-5-3-7-11(13-8)12(9)10/h2-7H,1H3/p+1. The first-order valence-electron chi connectivity index (χ1n) is 4.49. The number of rotatable bonds is 0. The summed E-state index contributed by atoms with van der Waals surface area (Å²) >= 11 is 0. The Morgan fingerprint density at radius 3 is 2.62 bits per heavy atom. The molecule has 2 aromatic carbocycles. The van der Waals surface area contributed by atoms with Crippen molar-refractivity contribution in [3.63, 3.8) is 0 Å². The minimum atomic E-state index is 1.24. The van der Waals surface area contributed by atoms with Gasteiger partial charge in [0.05, 0.1) is 10.9 Å². The van der Waals surface area contributed by atoms with E-state index >= 15 is 0 Å². The lowest BCUT2D eigenvalue weighted by atomic mass is 10.0. The topological polar surface area (TPSA) is 14.0 Å². The van der Waals surface area contributed by atoms with Gasteiger partial charge in [-0.2, -0.15) is 0 Å². The van der Waals surface area contributed by atoms with Crippen LogP contribution in [-0.4, -0.2) is 5.71 Å². The zero-order valence-electron chi connectivity index (χ0n) is 7.46. The molecule has 0 unspecified atom stereocenters. The minimum Gasteiger partial charge on any atom is -0.208 e. The van der Waals surface area contributed by atoms with Gasteiger partial charge in [-0.05, 0) is 11.5 Å². The maximum absolute atomic E-state index is 3.39. The van der Waals surface area contributed by atoms with Crippen molar-refractivity contribution in [2.45, 2.75) is 6.92 Å². The first kappa shape index (κ1) is 6.84. The molecule has 0 spiro atoms. The second-order valence-electron chi connectivity index (χ2n) is 3.46. The number of hydrogen-bond acceptors (Lipinski definition) is 0. The zero-order chi connectivity index (χ0) is 8.84. The summed E-state index contributed by atoms with van der Waals surface area (Å²) in [6.45, 7) is 2.12. The van der Waals surface area contributed by atoms with Crippen LogP contribution in [0.5, 0.6) is 0 Å². The smallest absolute Gasteiger partial charge is 0.208 e. The molecule has 0 bridgehead atoms. The Balaban J connectivity index is 2.59. The van der Waals surface area contributed by atoms with Crippen LogP contribution < -0.4 is 4.99 Å². The maximum atomic E-state index is 3.39. The van der Waals surface area contributed by atoms with E-state index in [2.05, 4.69) is 48.3 Å². The van der Waals surface area contributed by atoms with Gasteiger partial charge in [-0.15, -0.1) is 0 Å². The maximum Gasteiger partial charge on any atom is 0.212 e. The van der Waals surface area contributed by atoms with Crippen LogP contribution in [0, 0.1) is 0 Å². The van der Waals surface area contributed by atoms with E-state index in [1.165, 1.54) is 27.7 Å². The average Bonchev–Trinajstić information content (AvgIpc) is 2.47. The lowest BCUT2D eigenvalue weighted by Gasteiger charge is -1.95. The molecule has 0 aliphatic carbocycles. The highest BCUT2D eigenvalue weighted by Crippen LogP contribution is 2.26. The van der Waals surface area contributed by atoms with Crippen molar-refractivity contribution in [1.29, 1.82) is 0 Å².